The molecule has 1 aliphatic rings. The van der Waals surface area contributed by atoms with Gasteiger partial charge in [0.05, 0.1) is 41.1 Å². The van der Waals surface area contributed by atoms with Gasteiger partial charge in [0.15, 0.2) is 11.6 Å². The Balaban J connectivity index is 1.51. The number of aliphatic hydroxyl groups is 1. The number of nitrogens with zero attached hydrogens (tertiary/aromatic N) is 6. The summed E-state index contributed by atoms with van der Waals surface area (Å²) < 4.78 is 21.3. The SMILES string of the molecule is CN(Cc1cc2nc(-c3cc(CCO)ccc3F)nc(N3CCOCC3)c2s1)c1ncc(C(=O)NO)cn1. The van der Waals surface area contributed by atoms with Crippen LogP contribution >= 0.6 is 11.3 Å². The maximum Gasteiger partial charge on any atom is 0.277 e. The number of ether oxygens (including phenoxy) is 1. The summed E-state index contributed by atoms with van der Waals surface area (Å²) in [7, 11) is 1.83. The Morgan fingerprint density at radius 3 is 2.68 bits per heavy atom. The Hall–Kier alpha value is -3.78. The summed E-state index contributed by atoms with van der Waals surface area (Å²) in [5.41, 5.74) is 3.49. The molecule has 0 saturated carbocycles. The lowest BCUT2D eigenvalue weighted by atomic mass is 10.1. The van der Waals surface area contributed by atoms with E-state index in [0.717, 1.165) is 21.0 Å². The molecule has 1 amide bonds. The van der Waals surface area contributed by atoms with Crippen LogP contribution in [0.2, 0.25) is 0 Å². The van der Waals surface area contributed by atoms with E-state index in [9.17, 15) is 14.3 Å². The molecule has 11 nitrogen and oxygen atoms in total. The van der Waals surface area contributed by atoms with Crippen LogP contribution in [0, 0.1) is 5.82 Å². The molecule has 198 valence electrons. The van der Waals surface area contributed by atoms with Crippen LogP contribution in [0.15, 0.2) is 36.7 Å². The van der Waals surface area contributed by atoms with Gasteiger partial charge < -0.3 is 19.6 Å². The van der Waals surface area contributed by atoms with Gasteiger partial charge in [-0.1, -0.05) is 6.07 Å². The van der Waals surface area contributed by atoms with Crippen LogP contribution < -0.4 is 15.3 Å². The molecule has 3 N–H and O–H groups in total. The predicted molar refractivity (Wildman–Crippen MR) is 140 cm³/mol. The standard InChI is InChI=1S/C25H26FN7O4S/c1-32(25-27-12-16(13-28-25)24(35)31-36)14-17-11-20-21(38-17)23(33-5-8-37-9-6-33)30-22(29-20)18-10-15(4-7-34)2-3-19(18)26/h2-3,10-13,34,36H,4-9,14H2,1H3,(H,31,35). The molecule has 1 aliphatic heterocycles. The average Bonchev–Trinajstić information content (AvgIpc) is 3.36. The molecule has 0 radical (unpaired) electrons. The summed E-state index contributed by atoms with van der Waals surface area (Å²) in [4.78, 5) is 34.4. The Labute approximate surface area is 221 Å². The molecular formula is C25H26FN7O4S. The quantitative estimate of drug-likeness (QED) is 0.226. The van der Waals surface area contributed by atoms with Crippen LogP contribution in [0.3, 0.4) is 0 Å². The number of aromatic nitrogens is 4. The minimum absolute atomic E-state index is 0.0352. The maximum absolute atomic E-state index is 14.9. The number of nitrogens with one attached hydrogen (secondary N) is 1. The first-order chi connectivity index (χ1) is 18.5. The monoisotopic (exact) mass is 539 g/mol. The summed E-state index contributed by atoms with van der Waals surface area (Å²) in [6.45, 7) is 2.89. The van der Waals surface area contributed by atoms with Gasteiger partial charge in [-0.15, -0.1) is 11.3 Å². The highest BCUT2D eigenvalue weighted by Gasteiger charge is 2.22. The Kier molecular flexibility index (Phi) is 7.69. The van der Waals surface area contributed by atoms with Crippen molar-refractivity contribution >= 4 is 39.2 Å². The molecule has 3 aromatic heterocycles. The van der Waals surface area contributed by atoms with Gasteiger partial charge in [0.1, 0.15) is 5.82 Å². The van der Waals surface area contributed by atoms with Gasteiger partial charge in [-0.05, 0) is 30.2 Å². The topological polar surface area (TPSA) is 137 Å². The van der Waals surface area contributed by atoms with Crippen molar-refractivity contribution in [1.29, 1.82) is 0 Å². The number of aliphatic hydroxyl groups excluding tert-OH is 1. The van der Waals surface area contributed by atoms with Gasteiger partial charge >= 0.3 is 0 Å². The van der Waals surface area contributed by atoms with E-state index < -0.39 is 11.7 Å². The molecule has 0 unspecified atom stereocenters. The maximum atomic E-state index is 14.9. The molecule has 1 aromatic carbocycles. The van der Waals surface area contributed by atoms with E-state index in [1.54, 1.807) is 28.9 Å². The van der Waals surface area contributed by atoms with Crippen LogP contribution in [0.1, 0.15) is 20.8 Å². The fourth-order valence-corrected chi connectivity index (χ4v) is 5.35. The molecule has 0 spiro atoms. The molecular weight excluding hydrogens is 513 g/mol. The number of rotatable bonds is 8. The van der Waals surface area contributed by atoms with Crippen molar-refractivity contribution in [1.82, 2.24) is 25.4 Å². The normalized spacial score (nSPS) is 13.6. The zero-order valence-corrected chi connectivity index (χ0v) is 21.4. The average molecular weight is 540 g/mol. The van der Waals surface area contributed by atoms with Crippen LogP contribution in [0.25, 0.3) is 21.6 Å². The Morgan fingerprint density at radius 2 is 1.97 bits per heavy atom. The fraction of sp³-hybridized carbons (Fsp3) is 0.320. The molecule has 4 aromatic rings. The van der Waals surface area contributed by atoms with Crippen molar-refractivity contribution in [2.24, 2.45) is 0 Å². The van der Waals surface area contributed by atoms with Crippen LogP contribution in [0.5, 0.6) is 0 Å². The van der Waals surface area contributed by atoms with Crippen LogP contribution in [0.4, 0.5) is 16.2 Å². The number of morpholine rings is 1. The minimum atomic E-state index is -0.688. The number of carbonyl (C=O) groups is 1. The van der Waals surface area contributed by atoms with Crippen molar-refractivity contribution in [3.8, 4) is 11.4 Å². The smallest absolute Gasteiger partial charge is 0.277 e. The third-order valence-corrected chi connectivity index (χ3v) is 7.23. The van der Waals surface area contributed by atoms with Crippen LogP contribution in [-0.2, 0) is 17.7 Å². The fourth-order valence-electron chi connectivity index (χ4n) is 4.19. The number of anilines is 2. The molecule has 0 aliphatic carbocycles. The third-order valence-electron chi connectivity index (χ3n) is 6.12. The number of hydroxylamine groups is 1. The zero-order valence-electron chi connectivity index (χ0n) is 20.6. The van der Waals surface area contributed by atoms with Gasteiger partial charge in [-0.2, -0.15) is 0 Å². The van der Waals surface area contributed by atoms with Crippen molar-refractivity contribution in [2.45, 2.75) is 13.0 Å². The van der Waals surface area contributed by atoms with E-state index in [1.165, 1.54) is 18.5 Å². The first kappa shape index (κ1) is 25.9. The van der Waals surface area contributed by atoms with Gasteiger partial charge in [0, 0.05) is 44.0 Å². The second kappa shape index (κ2) is 11.3. The molecule has 13 heteroatoms. The van der Waals surface area contributed by atoms with E-state index in [2.05, 4.69) is 14.9 Å². The van der Waals surface area contributed by atoms with E-state index in [0.29, 0.717) is 50.7 Å². The number of halogens is 1. The summed E-state index contributed by atoms with van der Waals surface area (Å²) in [5, 5.41) is 18.1. The molecule has 5 rings (SSSR count). The summed E-state index contributed by atoms with van der Waals surface area (Å²) in [6, 6.07) is 6.68. The number of thiophene rings is 1. The first-order valence-electron chi connectivity index (χ1n) is 12.0. The van der Waals surface area contributed by atoms with Gasteiger partial charge in [-0.3, -0.25) is 10.0 Å². The zero-order chi connectivity index (χ0) is 26.6. The van der Waals surface area contributed by atoms with Gasteiger partial charge in [0.25, 0.3) is 5.91 Å². The summed E-state index contributed by atoms with van der Waals surface area (Å²) in [5.74, 6) is 0.307. The second-order valence-corrected chi connectivity index (χ2v) is 9.89. The molecule has 0 atom stereocenters. The molecule has 1 fully saturated rings. The molecule has 0 bridgehead atoms. The molecule has 4 heterocycles. The lowest BCUT2D eigenvalue weighted by Gasteiger charge is -2.28. The van der Waals surface area contributed by atoms with E-state index >= 15 is 0 Å². The Bertz CT molecular complexity index is 1440. The lowest BCUT2D eigenvalue weighted by Crippen LogP contribution is -2.36. The highest BCUT2D eigenvalue weighted by molar-refractivity contribution is 7.19. The van der Waals surface area contributed by atoms with Crippen molar-refractivity contribution in [2.75, 3.05) is 49.8 Å². The second-order valence-electron chi connectivity index (χ2n) is 8.75. The number of benzene rings is 1. The van der Waals surface area contributed by atoms with E-state index in [-0.39, 0.29) is 23.6 Å². The number of amides is 1. The highest BCUT2D eigenvalue weighted by atomic mass is 32.1. The third kappa shape index (κ3) is 5.41. The lowest BCUT2D eigenvalue weighted by molar-refractivity contribution is 0.0705. The van der Waals surface area contributed by atoms with E-state index in [1.807, 2.05) is 18.0 Å². The Morgan fingerprint density at radius 1 is 1.21 bits per heavy atom. The minimum Gasteiger partial charge on any atom is -0.396 e. The molecule has 1 saturated heterocycles. The predicted octanol–water partition coefficient (Wildman–Crippen LogP) is 2.41. The number of fused-ring (bicyclic) bond motifs is 1. The number of carbonyl (C=O) groups excluding carboxylic acids is 1. The highest BCUT2D eigenvalue weighted by Crippen LogP contribution is 2.35. The summed E-state index contributed by atoms with van der Waals surface area (Å²) in [6.07, 6.45) is 3.08. The van der Waals surface area contributed by atoms with E-state index in [4.69, 9.17) is 19.9 Å². The van der Waals surface area contributed by atoms with Crippen molar-refractivity contribution < 1.29 is 24.2 Å². The van der Waals surface area contributed by atoms with Crippen LogP contribution in [-0.4, -0.2) is 76.1 Å². The van der Waals surface area contributed by atoms with Gasteiger partial charge in [0.2, 0.25) is 5.95 Å². The van der Waals surface area contributed by atoms with Gasteiger partial charge in [-0.25, -0.2) is 29.8 Å². The molecule has 38 heavy (non-hydrogen) atoms. The number of hydrogen-bond donors (Lipinski definition) is 3. The first-order valence-corrected chi connectivity index (χ1v) is 12.8. The number of hydrogen-bond acceptors (Lipinski definition) is 11. The van der Waals surface area contributed by atoms with Crippen molar-refractivity contribution in [3.63, 3.8) is 0 Å². The largest absolute Gasteiger partial charge is 0.396 e. The summed E-state index contributed by atoms with van der Waals surface area (Å²) >= 11 is 1.54. The van der Waals surface area contributed by atoms with Crippen molar-refractivity contribution in [3.05, 3.63) is 58.5 Å².